The molecule has 0 bridgehead atoms. The minimum atomic E-state index is -4.40. The maximum atomic E-state index is 12.8. The molecule has 0 rings (SSSR count). The lowest BCUT2D eigenvalue weighted by atomic mass is 10.0. The normalized spacial score (nSPS) is 13.6. The summed E-state index contributed by atoms with van der Waals surface area (Å²) in [6, 6.07) is 0. The van der Waals surface area contributed by atoms with Crippen LogP contribution in [0.15, 0.2) is 134 Å². The first kappa shape index (κ1) is 93.2. The van der Waals surface area contributed by atoms with Crippen LogP contribution in [0.3, 0.4) is 0 Å². The van der Waals surface area contributed by atoms with Gasteiger partial charge in [-0.15, -0.1) is 0 Å². The fourth-order valence-electron chi connectivity index (χ4n) is 11.5. The highest BCUT2D eigenvalue weighted by Gasteiger charge is 2.26. The van der Waals surface area contributed by atoms with Gasteiger partial charge >= 0.3 is 19.8 Å². The van der Waals surface area contributed by atoms with Gasteiger partial charge in [-0.05, 0) is 116 Å². The number of rotatable bonds is 76. The number of hydrogen-bond acceptors (Lipinski definition) is 8. The third-order valence-electron chi connectivity index (χ3n) is 17.5. The summed E-state index contributed by atoms with van der Waals surface area (Å²) in [6.45, 7) is 3.66. The first-order chi connectivity index (χ1) is 47.8. The summed E-state index contributed by atoms with van der Waals surface area (Å²) in [5.74, 6) is -0.817. The van der Waals surface area contributed by atoms with E-state index in [0.29, 0.717) is 6.42 Å². The Balaban J connectivity index is 3.82. The van der Waals surface area contributed by atoms with E-state index in [0.717, 1.165) is 103 Å². The molecule has 0 spiro atoms. The Morgan fingerprint density at radius 3 is 0.845 bits per heavy atom. The highest BCUT2D eigenvalue weighted by Crippen LogP contribution is 2.43. The van der Waals surface area contributed by atoms with Crippen LogP contribution in [0, 0.1) is 0 Å². The Hall–Kier alpha value is -3.85. The summed E-state index contributed by atoms with van der Waals surface area (Å²) in [5, 5.41) is 0. The van der Waals surface area contributed by atoms with E-state index in [4.69, 9.17) is 24.3 Å². The van der Waals surface area contributed by atoms with Gasteiger partial charge < -0.3 is 20.1 Å². The molecule has 10 heteroatoms. The molecule has 0 radical (unpaired) electrons. The lowest BCUT2D eigenvalue weighted by Crippen LogP contribution is -2.29. The van der Waals surface area contributed by atoms with Crippen LogP contribution in [0.4, 0.5) is 0 Å². The maximum absolute atomic E-state index is 12.8. The molecule has 0 saturated heterocycles. The van der Waals surface area contributed by atoms with E-state index in [1.54, 1.807) is 0 Å². The highest BCUT2D eigenvalue weighted by molar-refractivity contribution is 7.47. The smallest absolute Gasteiger partial charge is 0.462 e. The van der Waals surface area contributed by atoms with Gasteiger partial charge in [0.25, 0.3) is 0 Å². The van der Waals surface area contributed by atoms with Crippen LogP contribution in [-0.2, 0) is 32.7 Å². The van der Waals surface area contributed by atoms with Crippen molar-refractivity contribution in [2.24, 2.45) is 5.73 Å². The van der Waals surface area contributed by atoms with Gasteiger partial charge in [-0.25, -0.2) is 4.57 Å². The van der Waals surface area contributed by atoms with E-state index in [-0.39, 0.29) is 38.6 Å². The minimum Gasteiger partial charge on any atom is -0.462 e. The SMILES string of the molecule is CC/C=C\C/C=C\C/C=C\C/C=C\C/C=C\C/C=C\C/C=C\C/C=C\CCCCCCCCCCCCCCCCC(=O)OC(COC(=O)CCCCCCCCCCCCCCCCCCCCCCCC/C=C\C/C=C\C/C=C\CCCCCCC)COP(=O)(O)OCCN. The number of hydrogen-bond donors (Lipinski definition) is 2. The summed E-state index contributed by atoms with van der Waals surface area (Å²) >= 11 is 0. The van der Waals surface area contributed by atoms with Crippen molar-refractivity contribution >= 4 is 19.8 Å². The maximum Gasteiger partial charge on any atom is 0.472 e. The van der Waals surface area contributed by atoms with Gasteiger partial charge in [0.1, 0.15) is 6.61 Å². The Morgan fingerprint density at radius 1 is 0.320 bits per heavy atom. The van der Waals surface area contributed by atoms with E-state index in [2.05, 4.69) is 148 Å². The van der Waals surface area contributed by atoms with Gasteiger partial charge in [-0.1, -0.05) is 379 Å². The Morgan fingerprint density at radius 2 is 0.567 bits per heavy atom. The Labute approximate surface area is 599 Å². The summed E-state index contributed by atoms with van der Waals surface area (Å²) in [5.41, 5.74) is 5.42. The van der Waals surface area contributed by atoms with Gasteiger partial charge in [-0.3, -0.25) is 18.6 Å². The van der Waals surface area contributed by atoms with Crippen LogP contribution in [0.5, 0.6) is 0 Å². The highest BCUT2D eigenvalue weighted by atomic mass is 31.2. The number of ether oxygens (including phenoxy) is 2. The molecule has 97 heavy (non-hydrogen) atoms. The van der Waals surface area contributed by atoms with Crippen molar-refractivity contribution in [2.75, 3.05) is 26.4 Å². The molecule has 558 valence electrons. The van der Waals surface area contributed by atoms with Crippen LogP contribution in [0.2, 0.25) is 0 Å². The zero-order valence-corrected chi connectivity index (χ0v) is 63.9. The number of carbonyl (C=O) groups is 2. The van der Waals surface area contributed by atoms with Gasteiger partial charge in [0, 0.05) is 19.4 Å². The topological polar surface area (TPSA) is 134 Å². The molecule has 0 aliphatic carbocycles. The molecule has 0 aromatic carbocycles. The van der Waals surface area contributed by atoms with Crippen molar-refractivity contribution < 1.29 is 37.6 Å². The van der Waals surface area contributed by atoms with Crippen molar-refractivity contribution in [1.29, 1.82) is 0 Å². The van der Waals surface area contributed by atoms with Crippen LogP contribution >= 0.6 is 7.82 Å². The summed E-state index contributed by atoms with van der Waals surface area (Å²) in [4.78, 5) is 35.5. The number of esters is 2. The minimum absolute atomic E-state index is 0.0505. The molecule has 0 fully saturated rings. The fraction of sp³-hybridized carbons (Fsp3) is 0.724. The number of unbranched alkanes of at least 4 members (excludes halogenated alkanes) is 41. The average Bonchev–Trinajstić information content (AvgIpc) is 2.88. The third-order valence-corrected chi connectivity index (χ3v) is 18.5. The lowest BCUT2D eigenvalue weighted by Gasteiger charge is -2.19. The van der Waals surface area contributed by atoms with Gasteiger partial charge in [0.2, 0.25) is 0 Å². The molecule has 2 atom stereocenters. The van der Waals surface area contributed by atoms with E-state index in [1.807, 2.05) is 0 Å². The predicted octanol–water partition coefficient (Wildman–Crippen LogP) is 27.5. The largest absolute Gasteiger partial charge is 0.472 e. The molecule has 3 N–H and O–H groups in total. The number of phosphoric acid groups is 1. The molecule has 0 aliphatic rings. The van der Waals surface area contributed by atoms with Gasteiger partial charge in [-0.2, -0.15) is 0 Å². The Bertz CT molecular complexity index is 2060. The second kappa shape index (κ2) is 81.1. The number of allylic oxidation sites excluding steroid dienone is 22. The monoisotopic (exact) mass is 1370 g/mol. The Kier molecular flexibility index (Phi) is 77.9. The second-order valence-corrected chi connectivity index (χ2v) is 28.4. The molecule has 0 aromatic rings. The molecule has 0 amide bonds. The van der Waals surface area contributed by atoms with Crippen LogP contribution in [0.25, 0.3) is 0 Å². The molecular weight excluding hydrogens is 1220 g/mol. The van der Waals surface area contributed by atoms with Crippen molar-refractivity contribution in [1.82, 2.24) is 0 Å². The predicted molar refractivity (Wildman–Crippen MR) is 422 cm³/mol. The van der Waals surface area contributed by atoms with Crippen molar-refractivity contribution in [3.05, 3.63) is 134 Å². The molecule has 0 aliphatic heterocycles. The van der Waals surface area contributed by atoms with Crippen molar-refractivity contribution in [3.63, 3.8) is 0 Å². The van der Waals surface area contributed by atoms with Crippen LogP contribution in [0.1, 0.15) is 373 Å². The molecule has 2 unspecified atom stereocenters. The molecular formula is C87H152NO8P. The summed E-state index contributed by atoms with van der Waals surface area (Å²) in [6.07, 6.45) is 116. The molecule has 0 saturated carbocycles. The van der Waals surface area contributed by atoms with Crippen molar-refractivity contribution in [3.8, 4) is 0 Å². The summed E-state index contributed by atoms with van der Waals surface area (Å²) < 4.78 is 33.3. The lowest BCUT2D eigenvalue weighted by molar-refractivity contribution is -0.161. The van der Waals surface area contributed by atoms with Crippen LogP contribution < -0.4 is 5.73 Å². The number of carbonyl (C=O) groups excluding carboxylic acids is 2. The number of nitrogens with two attached hydrogens (primary N) is 1. The zero-order valence-electron chi connectivity index (χ0n) is 63.0. The second-order valence-electron chi connectivity index (χ2n) is 26.9. The number of phosphoric ester groups is 1. The van der Waals surface area contributed by atoms with Gasteiger partial charge in [0.05, 0.1) is 13.2 Å². The quantitative estimate of drug-likeness (QED) is 0.0264. The third kappa shape index (κ3) is 81.0. The fourth-order valence-corrected chi connectivity index (χ4v) is 12.3. The van der Waals surface area contributed by atoms with Crippen molar-refractivity contribution in [2.45, 2.75) is 380 Å². The molecule has 0 aromatic heterocycles. The average molecular weight is 1370 g/mol. The standard InChI is InChI=1S/C87H152NO8P/c1-3-5-7-9-11-13-15-17-19-21-23-25-27-29-31-33-35-37-39-41-42-44-46-48-50-52-54-56-58-60-62-64-66-68-70-72-74-76-78-80-87(90)96-85(84-95-97(91,92)94-82-81-88)83-93-86(89)79-77-75-73-71-69-67-65-63-61-59-57-55-53-51-49-47-45-43-40-38-36-34-32-30-28-26-24-22-20-18-16-14-12-10-8-6-4-2/h5,7,11,13,16-19,22-25,28-31,35,37,41-42,46,48,85H,3-4,6,8-10,12,14-15,20-21,26-27,32-34,36,38-40,43-45,47,49-84,88H2,1-2H3,(H,91,92)/b7-5-,13-11-,18-16-,19-17-,24-22-,25-23-,30-28-,31-29-,37-35-,42-41-,48-46-. The van der Waals surface area contributed by atoms with E-state index in [9.17, 15) is 19.0 Å². The van der Waals surface area contributed by atoms with Gasteiger partial charge in [0.15, 0.2) is 6.10 Å². The summed E-state index contributed by atoms with van der Waals surface area (Å²) in [7, 11) is -4.40. The van der Waals surface area contributed by atoms with E-state index in [1.165, 1.54) is 238 Å². The molecule has 9 nitrogen and oxygen atoms in total. The van der Waals surface area contributed by atoms with Crippen LogP contribution in [-0.4, -0.2) is 49.3 Å². The molecule has 0 heterocycles. The first-order valence-electron chi connectivity index (χ1n) is 40.7. The van der Waals surface area contributed by atoms with E-state index < -0.39 is 26.5 Å². The van der Waals surface area contributed by atoms with E-state index >= 15 is 0 Å². The zero-order chi connectivity index (χ0) is 70.0. The first-order valence-corrected chi connectivity index (χ1v) is 42.2.